The lowest BCUT2D eigenvalue weighted by Gasteiger charge is -2.08. The first-order valence-electron chi connectivity index (χ1n) is 5.26. The minimum Gasteiger partial charge on any atom is -0.379 e. The first-order chi connectivity index (χ1) is 8.16. The molecule has 1 aromatic carbocycles. The van der Waals surface area contributed by atoms with E-state index in [0.29, 0.717) is 11.6 Å². The number of benzene rings is 1. The third-order valence-electron chi connectivity index (χ3n) is 2.50. The van der Waals surface area contributed by atoms with Gasteiger partial charge in [-0.3, -0.25) is 4.98 Å². The van der Waals surface area contributed by atoms with Crippen LogP contribution in [0.25, 0.3) is 0 Å². The molecule has 0 fully saturated rings. The van der Waals surface area contributed by atoms with Crippen molar-refractivity contribution in [2.24, 2.45) is 0 Å². The second kappa shape index (κ2) is 5.52. The van der Waals surface area contributed by atoms with Gasteiger partial charge in [-0.1, -0.05) is 17.7 Å². The van der Waals surface area contributed by atoms with E-state index in [0.717, 1.165) is 15.9 Å². The molecule has 0 spiro atoms. The van der Waals surface area contributed by atoms with Crippen LogP contribution in [0.5, 0.6) is 0 Å². The lowest BCUT2D eigenvalue weighted by Crippen LogP contribution is -2.03. The predicted octanol–water partition coefficient (Wildman–Crippen LogP) is 4.42. The molecule has 4 heteroatoms. The number of anilines is 1. The van der Waals surface area contributed by atoms with Gasteiger partial charge in [-0.25, -0.2) is 0 Å². The van der Waals surface area contributed by atoms with Gasteiger partial charge in [0.1, 0.15) is 0 Å². The number of aromatic nitrogens is 1. The fraction of sp³-hybridized carbons (Fsp3) is 0.154. The number of halogens is 2. The Balaban J connectivity index is 2.08. The molecule has 0 aliphatic carbocycles. The van der Waals surface area contributed by atoms with Crippen LogP contribution in [0.1, 0.15) is 11.3 Å². The summed E-state index contributed by atoms with van der Waals surface area (Å²) in [6.07, 6.45) is 1.81. The summed E-state index contributed by atoms with van der Waals surface area (Å²) in [4.78, 5) is 4.33. The van der Waals surface area contributed by atoms with Gasteiger partial charge in [0.05, 0.1) is 17.3 Å². The molecule has 0 aliphatic heterocycles. The fourth-order valence-corrected chi connectivity index (χ4v) is 1.99. The highest BCUT2D eigenvalue weighted by molar-refractivity contribution is 9.10. The lowest BCUT2D eigenvalue weighted by molar-refractivity contribution is 1.02. The molecule has 0 amide bonds. The summed E-state index contributed by atoms with van der Waals surface area (Å²) in [5, 5.41) is 4.03. The van der Waals surface area contributed by atoms with Gasteiger partial charge in [0.15, 0.2) is 0 Å². The highest BCUT2D eigenvalue weighted by Crippen LogP contribution is 2.25. The van der Waals surface area contributed by atoms with Crippen molar-refractivity contribution in [2.45, 2.75) is 13.5 Å². The van der Waals surface area contributed by atoms with Crippen molar-refractivity contribution in [3.63, 3.8) is 0 Å². The van der Waals surface area contributed by atoms with E-state index >= 15 is 0 Å². The monoisotopic (exact) mass is 310 g/mol. The molecular weight excluding hydrogens is 300 g/mol. The van der Waals surface area contributed by atoms with Gasteiger partial charge in [-0.15, -0.1) is 0 Å². The number of hydrogen-bond donors (Lipinski definition) is 1. The van der Waals surface area contributed by atoms with Gasteiger partial charge in [0.2, 0.25) is 0 Å². The summed E-state index contributed by atoms with van der Waals surface area (Å²) in [5.41, 5.74) is 3.26. The smallest absolute Gasteiger partial charge is 0.0623 e. The largest absolute Gasteiger partial charge is 0.379 e. The molecule has 0 unspecified atom stereocenters. The van der Waals surface area contributed by atoms with Gasteiger partial charge < -0.3 is 5.32 Å². The zero-order chi connectivity index (χ0) is 12.3. The average molecular weight is 312 g/mol. The van der Waals surface area contributed by atoms with Crippen LogP contribution >= 0.6 is 27.5 Å². The normalized spacial score (nSPS) is 10.3. The summed E-state index contributed by atoms with van der Waals surface area (Å²) in [5.74, 6) is 0. The summed E-state index contributed by atoms with van der Waals surface area (Å²) in [6.45, 7) is 2.77. The second-order valence-electron chi connectivity index (χ2n) is 3.75. The standard InChI is InChI=1S/C13H12BrClN2/c1-9-3-2-6-16-13(9)8-17-10-4-5-12(15)11(14)7-10/h2-7,17H,8H2,1H3. The maximum absolute atomic E-state index is 5.94. The van der Waals surface area contributed by atoms with E-state index in [1.165, 1.54) is 5.56 Å². The van der Waals surface area contributed by atoms with Crippen LogP contribution in [-0.2, 0) is 6.54 Å². The molecule has 0 saturated carbocycles. The maximum Gasteiger partial charge on any atom is 0.0623 e. The highest BCUT2D eigenvalue weighted by Gasteiger charge is 2.01. The van der Waals surface area contributed by atoms with E-state index in [1.54, 1.807) is 0 Å². The number of rotatable bonds is 3. The number of pyridine rings is 1. The van der Waals surface area contributed by atoms with Crippen molar-refractivity contribution in [1.29, 1.82) is 0 Å². The van der Waals surface area contributed by atoms with Crippen LogP contribution in [0.15, 0.2) is 41.0 Å². The van der Waals surface area contributed by atoms with Crippen LogP contribution in [0.3, 0.4) is 0 Å². The fourth-order valence-electron chi connectivity index (χ4n) is 1.50. The molecular formula is C13H12BrClN2. The van der Waals surface area contributed by atoms with Crippen molar-refractivity contribution in [2.75, 3.05) is 5.32 Å². The van der Waals surface area contributed by atoms with Crippen LogP contribution < -0.4 is 5.32 Å². The number of hydrogen-bond acceptors (Lipinski definition) is 2. The summed E-state index contributed by atoms with van der Waals surface area (Å²) in [6, 6.07) is 9.77. The Morgan fingerprint density at radius 1 is 1.35 bits per heavy atom. The third-order valence-corrected chi connectivity index (χ3v) is 3.71. The van der Waals surface area contributed by atoms with Crippen molar-refractivity contribution in [3.05, 3.63) is 57.3 Å². The maximum atomic E-state index is 5.94. The van der Waals surface area contributed by atoms with E-state index < -0.39 is 0 Å². The first-order valence-corrected chi connectivity index (χ1v) is 6.43. The molecule has 2 rings (SSSR count). The number of nitrogens with zero attached hydrogens (tertiary/aromatic N) is 1. The van der Waals surface area contributed by atoms with Crippen molar-refractivity contribution in [1.82, 2.24) is 4.98 Å². The summed E-state index contributed by atoms with van der Waals surface area (Å²) < 4.78 is 0.891. The van der Waals surface area contributed by atoms with E-state index in [1.807, 2.05) is 30.5 Å². The average Bonchev–Trinajstić information content (AvgIpc) is 2.32. The molecule has 0 atom stereocenters. The Morgan fingerprint density at radius 2 is 2.18 bits per heavy atom. The Bertz CT molecular complexity index is 529. The van der Waals surface area contributed by atoms with Gasteiger partial charge in [0.25, 0.3) is 0 Å². The van der Waals surface area contributed by atoms with Gasteiger partial charge in [0, 0.05) is 16.4 Å². The Hall–Kier alpha value is -1.06. The second-order valence-corrected chi connectivity index (χ2v) is 5.01. The van der Waals surface area contributed by atoms with Crippen LogP contribution in [0.2, 0.25) is 5.02 Å². The SMILES string of the molecule is Cc1cccnc1CNc1ccc(Cl)c(Br)c1. The minimum absolute atomic E-state index is 0.709. The molecule has 1 aromatic heterocycles. The Kier molecular flexibility index (Phi) is 4.02. The molecule has 0 saturated heterocycles. The molecule has 88 valence electrons. The van der Waals surface area contributed by atoms with Gasteiger partial charge in [-0.2, -0.15) is 0 Å². The molecule has 1 N–H and O–H groups in total. The van der Waals surface area contributed by atoms with Crippen LogP contribution in [-0.4, -0.2) is 4.98 Å². The lowest BCUT2D eigenvalue weighted by atomic mass is 10.2. The van der Waals surface area contributed by atoms with Crippen molar-refractivity contribution in [3.8, 4) is 0 Å². The zero-order valence-electron chi connectivity index (χ0n) is 9.37. The van der Waals surface area contributed by atoms with Crippen LogP contribution in [0, 0.1) is 6.92 Å². The zero-order valence-corrected chi connectivity index (χ0v) is 11.7. The van der Waals surface area contributed by atoms with Crippen molar-refractivity contribution >= 4 is 33.2 Å². The topological polar surface area (TPSA) is 24.9 Å². The molecule has 0 bridgehead atoms. The Labute approximate surface area is 114 Å². The number of nitrogens with one attached hydrogen (secondary N) is 1. The van der Waals surface area contributed by atoms with Gasteiger partial charge in [-0.05, 0) is 52.7 Å². The first kappa shape index (κ1) is 12.4. The van der Waals surface area contributed by atoms with E-state index in [9.17, 15) is 0 Å². The molecule has 2 nitrogen and oxygen atoms in total. The summed E-state index contributed by atoms with van der Waals surface area (Å²) >= 11 is 9.34. The summed E-state index contributed by atoms with van der Waals surface area (Å²) in [7, 11) is 0. The highest BCUT2D eigenvalue weighted by atomic mass is 79.9. The quantitative estimate of drug-likeness (QED) is 0.907. The van der Waals surface area contributed by atoms with E-state index in [2.05, 4.69) is 39.2 Å². The predicted molar refractivity (Wildman–Crippen MR) is 75.5 cm³/mol. The van der Waals surface area contributed by atoms with E-state index in [-0.39, 0.29) is 0 Å². The van der Waals surface area contributed by atoms with Crippen LogP contribution in [0.4, 0.5) is 5.69 Å². The van der Waals surface area contributed by atoms with Crippen molar-refractivity contribution < 1.29 is 0 Å². The number of aryl methyl sites for hydroxylation is 1. The van der Waals surface area contributed by atoms with Gasteiger partial charge >= 0.3 is 0 Å². The van der Waals surface area contributed by atoms with E-state index in [4.69, 9.17) is 11.6 Å². The molecule has 17 heavy (non-hydrogen) atoms. The Morgan fingerprint density at radius 3 is 2.88 bits per heavy atom. The minimum atomic E-state index is 0.709. The molecule has 0 aliphatic rings. The molecule has 2 aromatic rings. The molecule has 1 heterocycles. The third kappa shape index (κ3) is 3.20. The molecule has 0 radical (unpaired) electrons.